The van der Waals surface area contributed by atoms with Crippen LogP contribution in [0.2, 0.25) is 0 Å². The minimum Gasteiger partial charge on any atom is -0.369 e. The van der Waals surface area contributed by atoms with Crippen LogP contribution in [-0.2, 0) is 11.2 Å². The molecule has 2 aliphatic rings. The van der Waals surface area contributed by atoms with E-state index in [9.17, 15) is 4.79 Å². The lowest BCUT2D eigenvalue weighted by Gasteiger charge is -2.34. The second-order valence-corrected chi connectivity index (χ2v) is 9.36. The van der Waals surface area contributed by atoms with Crippen molar-refractivity contribution in [1.29, 1.82) is 0 Å². The average molecular weight is 469 g/mol. The average Bonchev–Trinajstić information content (AvgIpc) is 3.72. The normalized spacial score (nSPS) is 16.1. The smallest absolute Gasteiger partial charge is 0.229 e. The summed E-state index contributed by atoms with van der Waals surface area (Å²) in [7, 11) is 2.17. The van der Waals surface area contributed by atoms with Crippen molar-refractivity contribution in [3.63, 3.8) is 0 Å². The molecule has 0 spiro atoms. The highest BCUT2D eigenvalue weighted by Crippen LogP contribution is 2.43. The van der Waals surface area contributed by atoms with E-state index in [1.54, 1.807) is 0 Å². The van der Waals surface area contributed by atoms with E-state index in [1.165, 1.54) is 11.8 Å². The highest BCUT2D eigenvalue weighted by molar-refractivity contribution is 5.92. The number of allylic oxidation sites excluding steroid dienone is 1. The first kappa shape index (κ1) is 23.1. The van der Waals surface area contributed by atoms with Crippen LogP contribution in [0.4, 0.5) is 28.8 Å². The van der Waals surface area contributed by atoms with Crippen LogP contribution in [0.3, 0.4) is 0 Å². The molecule has 7 heteroatoms. The lowest BCUT2D eigenvalue weighted by molar-refractivity contribution is -0.114. The Hall–Kier alpha value is -3.71. The maximum Gasteiger partial charge on any atom is 0.229 e. The van der Waals surface area contributed by atoms with Gasteiger partial charge in [-0.3, -0.25) is 4.79 Å². The molecule has 1 saturated heterocycles. The Morgan fingerprint density at radius 1 is 1.06 bits per heavy atom. The molecule has 1 aliphatic carbocycles. The first-order valence-electron chi connectivity index (χ1n) is 12.3. The van der Waals surface area contributed by atoms with Crippen LogP contribution in [0.5, 0.6) is 0 Å². The Morgan fingerprint density at radius 2 is 1.80 bits per heavy atom. The number of nitrogens with one attached hydrogen (secondary N) is 2. The van der Waals surface area contributed by atoms with Gasteiger partial charge in [0.2, 0.25) is 5.95 Å². The lowest BCUT2D eigenvalue weighted by atomic mass is 10.1. The highest BCUT2D eigenvalue weighted by atomic mass is 16.1. The quantitative estimate of drug-likeness (QED) is 0.433. The van der Waals surface area contributed by atoms with E-state index in [0.717, 1.165) is 67.3 Å². The van der Waals surface area contributed by atoms with Crippen LogP contribution >= 0.6 is 0 Å². The summed E-state index contributed by atoms with van der Waals surface area (Å²) in [5.41, 5.74) is 5.11. The van der Waals surface area contributed by atoms with Crippen molar-refractivity contribution in [2.24, 2.45) is 0 Å². The van der Waals surface area contributed by atoms with E-state index in [1.807, 2.05) is 30.5 Å². The molecule has 35 heavy (non-hydrogen) atoms. The molecule has 5 rings (SSSR count). The first-order chi connectivity index (χ1) is 17.1. The fourth-order valence-electron chi connectivity index (χ4n) is 4.38. The van der Waals surface area contributed by atoms with Crippen molar-refractivity contribution in [3.05, 3.63) is 78.5 Å². The molecule has 1 saturated carbocycles. The molecule has 1 aliphatic heterocycles. The molecular formula is C28H32N6O. The van der Waals surface area contributed by atoms with Gasteiger partial charge in [0.15, 0.2) is 5.78 Å². The van der Waals surface area contributed by atoms with Gasteiger partial charge in [-0.25, -0.2) is 4.98 Å². The van der Waals surface area contributed by atoms with Crippen LogP contribution < -0.4 is 15.5 Å². The number of hydrogen-bond donors (Lipinski definition) is 2. The van der Waals surface area contributed by atoms with Crippen LogP contribution in [0.1, 0.15) is 29.9 Å². The number of aromatic nitrogens is 2. The van der Waals surface area contributed by atoms with Gasteiger partial charge in [0.05, 0.1) is 0 Å². The fraction of sp³-hybridized carbons (Fsp3) is 0.321. The summed E-state index contributed by atoms with van der Waals surface area (Å²) in [5, 5.41) is 6.84. The van der Waals surface area contributed by atoms with Gasteiger partial charge in [0.1, 0.15) is 5.82 Å². The van der Waals surface area contributed by atoms with E-state index < -0.39 is 0 Å². The summed E-state index contributed by atoms with van der Waals surface area (Å²) in [5.74, 6) is 1.81. The third-order valence-corrected chi connectivity index (χ3v) is 6.69. The second kappa shape index (κ2) is 10.3. The van der Waals surface area contributed by atoms with Crippen LogP contribution in [0, 0.1) is 0 Å². The van der Waals surface area contributed by atoms with E-state index in [0.29, 0.717) is 18.3 Å². The summed E-state index contributed by atoms with van der Waals surface area (Å²) < 4.78 is 0. The van der Waals surface area contributed by atoms with Gasteiger partial charge in [0.25, 0.3) is 0 Å². The maximum absolute atomic E-state index is 12.0. The molecular weight excluding hydrogens is 436 g/mol. The minimum absolute atomic E-state index is 0.00766. The van der Waals surface area contributed by atoms with Crippen molar-refractivity contribution >= 4 is 34.6 Å². The zero-order chi connectivity index (χ0) is 24.2. The van der Waals surface area contributed by atoms with Gasteiger partial charge in [-0.1, -0.05) is 24.8 Å². The predicted molar refractivity (Wildman–Crippen MR) is 142 cm³/mol. The van der Waals surface area contributed by atoms with Gasteiger partial charge in [-0.15, -0.1) is 0 Å². The molecule has 0 amide bonds. The Bertz CT molecular complexity index is 1200. The standard InChI is InChI=1S/C28H32N6O/c1-3-24(35)18-21-6-4-5-7-26(21)31-27-25(20-8-9-20)19-29-28(32-27)30-22-10-12-23(13-11-22)34-16-14-33(2)15-17-34/h3-7,10-13,19-20H,1,8-9,14-18H2,2H3,(H2,29,30,31,32). The molecule has 2 fully saturated rings. The summed E-state index contributed by atoms with van der Waals surface area (Å²) in [6.45, 7) is 7.86. The van der Waals surface area contributed by atoms with Crippen molar-refractivity contribution in [3.8, 4) is 0 Å². The van der Waals surface area contributed by atoms with Gasteiger partial charge in [0, 0.05) is 61.4 Å². The maximum atomic E-state index is 12.0. The highest BCUT2D eigenvalue weighted by Gasteiger charge is 2.28. The Labute approximate surface area is 206 Å². The molecule has 2 heterocycles. The monoisotopic (exact) mass is 468 g/mol. The molecule has 180 valence electrons. The number of para-hydroxylation sites is 1. The van der Waals surface area contributed by atoms with Crippen molar-refractivity contribution < 1.29 is 4.79 Å². The Balaban J connectivity index is 1.34. The number of nitrogens with zero attached hydrogens (tertiary/aromatic N) is 4. The second-order valence-electron chi connectivity index (χ2n) is 9.36. The third kappa shape index (κ3) is 5.69. The van der Waals surface area contributed by atoms with Crippen molar-refractivity contribution in [2.75, 3.05) is 48.8 Å². The van der Waals surface area contributed by atoms with E-state index in [4.69, 9.17) is 4.98 Å². The van der Waals surface area contributed by atoms with Crippen molar-refractivity contribution in [1.82, 2.24) is 14.9 Å². The number of carbonyl (C=O) groups excluding carboxylic acids is 1. The van der Waals surface area contributed by atoms with Gasteiger partial charge >= 0.3 is 0 Å². The molecule has 0 bridgehead atoms. The number of piperazine rings is 1. The molecule has 1 aromatic heterocycles. The number of anilines is 5. The number of hydrogen-bond acceptors (Lipinski definition) is 7. The number of ketones is 1. The zero-order valence-electron chi connectivity index (χ0n) is 20.2. The van der Waals surface area contributed by atoms with Gasteiger partial charge in [-0.05, 0) is 67.8 Å². The lowest BCUT2D eigenvalue weighted by Crippen LogP contribution is -2.44. The van der Waals surface area contributed by atoms with E-state index in [2.05, 4.69) is 63.3 Å². The summed E-state index contributed by atoms with van der Waals surface area (Å²) in [6, 6.07) is 16.3. The molecule has 0 radical (unpaired) electrons. The molecule has 0 unspecified atom stereocenters. The predicted octanol–water partition coefficient (Wildman–Crippen LogP) is 4.89. The molecule has 3 aromatic rings. The number of benzene rings is 2. The Morgan fingerprint density at radius 3 is 2.51 bits per heavy atom. The number of carbonyl (C=O) groups is 1. The van der Waals surface area contributed by atoms with Crippen LogP contribution in [-0.4, -0.2) is 53.9 Å². The largest absolute Gasteiger partial charge is 0.369 e. The Kier molecular flexibility index (Phi) is 6.77. The fourth-order valence-corrected chi connectivity index (χ4v) is 4.38. The first-order valence-corrected chi connectivity index (χ1v) is 12.3. The summed E-state index contributed by atoms with van der Waals surface area (Å²) >= 11 is 0. The van der Waals surface area contributed by atoms with E-state index in [-0.39, 0.29) is 5.78 Å². The molecule has 2 N–H and O–H groups in total. The number of likely N-dealkylation sites (N-methyl/N-ethyl adjacent to an activating group) is 1. The SMILES string of the molecule is C=CC(=O)Cc1ccccc1Nc1nc(Nc2ccc(N3CCN(C)CC3)cc2)ncc1C1CC1. The molecule has 2 aromatic carbocycles. The van der Waals surface area contributed by atoms with Gasteiger partial charge in [-0.2, -0.15) is 4.98 Å². The topological polar surface area (TPSA) is 73.4 Å². The zero-order valence-corrected chi connectivity index (χ0v) is 20.2. The number of rotatable bonds is 9. The molecule has 0 atom stereocenters. The summed E-state index contributed by atoms with van der Waals surface area (Å²) in [6.07, 6.45) is 5.89. The van der Waals surface area contributed by atoms with E-state index >= 15 is 0 Å². The van der Waals surface area contributed by atoms with Crippen LogP contribution in [0.15, 0.2) is 67.4 Å². The summed E-state index contributed by atoms with van der Waals surface area (Å²) in [4.78, 5) is 26.2. The van der Waals surface area contributed by atoms with Crippen molar-refractivity contribution in [2.45, 2.75) is 25.2 Å². The third-order valence-electron chi connectivity index (χ3n) is 6.69. The minimum atomic E-state index is -0.00766. The molecule has 7 nitrogen and oxygen atoms in total. The van der Waals surface area contributed by atoms with Gasteiger partial charge < -0.3 is 20.4 Å². The van der Waals surface area contributed by atoms with Crippen LogP contribution in [0.25, 0.3) is 0 Å².